The van der Waals surface area contributed by atoms with Gasteiger partial charge in [0.2, 0.25) is 0 Å². The molecule has 1 aliphatic carbocycles. The fourth-order valence-corrected chi connectivity index (χ4v) is 2.00. The van der Waals surface area contributed by atoms with E-state index in [0.717, 1.165) is 18.6 Å². The first-order valence-electron chi connectivity index (χ1n) is 6.15. The molecule has 0 aromatic heterocycles. The van der Waals surface area contributed by atoms with Crippen molar-refractivity contribution in [2.24, 2.45) is 0 Å². The second-order valence-electron chi connectivity index (χ2n) is 5.67. The van der Waals surface area contributed by atoms with E-state index in [-0.39, 0.29) is 18.3 Å². The van der Waals surface area contributed by atoms with Crippen LogP contribution in [0.2, 0.25) is 0 Å². The summed E-state index contributed by atoms with van der Waals surface area (Å²) in [6.45, 7) is 8.30. The Morgan fingerprint density at radius 1 is 1.06 bits per heavy atom. The molecule has 0 aromatic carbocycles. The number of ether oxygens (including phenoxy) is 1. The first kappa shape index (κ1) is 12.7. The first-order chi connectivity index (χ1) is 7.86. The maximum Gasteiger partial charge on any atom is 0.490 e. The summed E-state index contributed by atoms with van der Waals surface area (Å²) in [5.74, 6) is 1.02. The lowest BCUT2D eigenvalue weighted by molar-refractivity contribution is 0.00578. The van der Waals surface area contributed by atoms with Crippen molar-refractivity contribution in [2.75, 3.05) is 7.11 Å². The third kappa shape index (κ3) is 2.29. The van der Waals surface area contributed by atoms with E-state index in [1.54, 1.807) is 7.11 Å². The summed E-state index contributed by atoms with van der Waals surface area (Å²) in [7, 11) is 1.49. The van der Waals surface area contributed by atoms with Crippen LogP contribution in [0.5, 0.6) is 0 Å². The molecule has 0 saturated carbocycles. The average molecular weight is 236 g/mol. The van der Waals surface area contributed by atoms with Crippen LogP contribution < -0.4 is 0 Å². The van der Waals surface area contributed by atoms with Crippen molar-refractivity contribution in [1.29, 1.82) is 0 Å². The highest BCUT2D eigenvalue weighted by Gasteiger charge is 2.52. The zero-order chi connectivity index (χ0) is 12.7. The summed E-state index contributed by atoms with van der Waals surface area (Å²) in [6, 6.07) is 0. The molecule has 17 heavy (non-hydrogen) atoms. The molecule has 3 nitrogen and oxygen atoms in total. The molecule has 0 N–H and O–H groups in total. The lowest BCUT2D eigenvalue weighted by Gasteiger charge is -2.32. The van der Waals surface area contributed by atoms with E-state index in [1.165, 1.54) is 5.47 Å². The Hall–Kier alpha value is -0.735. The highest BCUT2D eigenvalue weighted by atomic mass is 16.7. The van der Waals surface area contributed by atoms with E-state index in [1.807, 2.05) is 6.08 Å². The molecule has 1 heterocycles. The van der Waals surface area contributed by atoms with Crippen LogP contribution in [0.3, 0.4) is 0 Å². The second-order valence-corrected chi connectivity index (χ2v) is 5.67. The van der Waals surface area contributed by atoms with Gasteiger partial charge >= 0.3 is 7.12 Å². The van der Waals surface area contributed by atoms with E-state index in [9.17, 15) is 0 Å². The third-order valence-corrected chi connectivity index (χ3v) is 3.96. The minimum Gasteiger partial charge on any atom is -0.501 e. The molecule has 94 valence electrons. The van der Waals surface area contributed by atoms with E-state index in [0.29, 0.717) is 0 Å². The topological polar surface area (TPSA) is 27.7 Å². The van der Waals surface area contributed by atoms with Gasteiger partial charge < -0.3 is 14.0 Å². The molecule has 0 aromatic rings. The van der Waals surface area contributed by atoms with Gasteiger partial charge in [-0.25, -0.2) is 0 Å². The monoisotopic (exact) mass is 236 g/mol. The van der Waals surface area contributed by atoms with Crippen molar-refractivity contribution in [3.63, 3.8) is 0 Å². The molecule has 0 atom stereocenters. The van der Waals surface area contributed by atoms with Crippen LogP contribution in [-0.2, 0) is 14.0 Å². The standard InChI is InChI=1S/C13H21BO3/c1-12(2)13(3,4)17-14(16-12)10-6-8-11(15-5)9-7-10/h6,8H,7,9H2,1-5H3. The zero-order valence-corrected chi connectivity index (χ0v) is 11.4. The Morgan fingerprint density at radius 2 is 1.65 bits per heavy atom. The van der Waals surface area contributed by atoms with Gasteiger partial charge in [0.25, 0.3) is 0 Å². The summed E-state index contributed by atoms with van der Waals surface area (Å²) < 4.78 is 17.2. The highest BCUT2D eigenvalue weighted by Crippen LogP contribution is 2.39. The van der Waals surface area contributed by atoms with E-state index >= 15 is 0 Å². The van der Waals surface area contributed by atoms with Crippen LogP contribution in [0.4, 0.5) is 0 Å². The minimum absolute atomic E-state index is 0.213. The molecule has 0 bridgehead atoms. The molecule has 1 aliphatic heterocycles. The van der Waals surface area contributed by atoms with Crippen molar-refractivity contribution in [3.8, 4) is 0 Å². The predicted molar refractivity (Wildman–Crippen MR) is 68.5 cm³/mol. The Morgan fingerprint density at radius 3 is 2.06 bits per heavy atom. The van der Waals surface area contributed by atoms with Crippen LogP contribution in [0.15, 0.2) is 23.4 Å². The van der Waals surface area contributed by atoms with Gasteiger partial charge in [0.15, 0.2) is 0 Å². The maximum atomic E-state index is 6.01. The van der Waals surface area contributed by atoms with Crippen LogP contribution in [0.1, 0.15) is 40.5 Å². The fourth-order valence-electron chi connectivity index (χ4n) is 2.00. The van der Waals surface area contributed by atoms with Crippen molar-refractivity contribution in [1.82, 2.24) is 0 Å². The fraction of sp³-hybridized carbons (Fsp3) is 0.692. The number of methoxy groups -OCH3 is 1. The Kier molecular flexibility index (Phi) is 3.13. The Labute approximate surface area is 104 Å². The summed E-state index contributed by atoms with van der Waals surface area (Å²) >= 11 is 0. The van der Waals surface area contributed by atoms with Crippen LogP contribution in [-0.4, -0.2) is 25.4 Å². The van der Waals surface area contributed by atoms with Gasteiger partial charge in [0.1, 0.15) is 0 Å². The first-order valence-corrected chi connectivity index (χ1v) is 6.15. The molecule has 0 unspecified atom stereocenters. The van der Waals surface area contributed by atoms with Crippen molar-refractivity contribution >= 4 is 7.12 Å². The van der Waals surface area contributed by atoms with Crippen molar-refractivity contribution < 1.29 is 14.0 Å². The van der Waals surface area contributed by atoms with Crippen LogP contribution in [0, 0.1) is 0 Å². The predicted octanol–water partition coefficient (Wildman–Crippen LogP) is 2.87. The average Bonchev–Trinajstić information content (AvgIpc) is 2.48. The number of rotatable bonds is 2. The molecular weight excluding hydrogens is 215 g/mol. The maximum absolute atomic E-state index is 6.01. The summed E-state index contributed by atoms with van der Waals surface area (Å²) in [4.78, 5) is 0. The molecule has 4 heteroatoms. The molecular formula is C13H21BO3. The van der Waals surface area contributed by atoms with Crippen LogP contribution >= 0.6 is 0 Å². The third-order valence-electron chi connectivity index (χ3n) is 3.96. The normalized spacial score (nSPS) is 26.5. The van der Waals surface area contributed by atoms with E-state index in [2.05, 4.69) is 33.8 Å². The number of allylic oxidation sites excluding steroid dienone is 4. The largest absolute Gasteiger partial charge is 0.501 e. The van der Waals surface area contributed by atoms with Gasteiger partial charge in [0.05, 0.1) is 24.1 Å². The molecule has 0 amide bonds. The Bertz CT molecular complexity index is 353. The molecule has 0 spiro atoms. The van der Waals surface area contributed by atoms with Crippen molar-refractivity contribution in [2.45, 2.75) is 51.7 Å². The lowest BCUT2D eigenvalue weighted by atomic mass is 9.74. The summed E-state index contributed by atoms with van der Waals surface area (Å²) in [5.41, 5.74) is 0.678. The molecule has 2 aliphatic rings. The molecule has 1 fully saturated rings. The zero-order valence-electron chi connectivity index (χ0n) is 11.4. The van der Waals surface area contributed by atoms with Crippen molar-refractivity contribution in [3.05, 3.63) is 23.4 Å². The SMILES string of the molecule is COC1=CC=C(B2OC(C)(C)C(C)(C)O2)CC1. The molecule has 2 rings (SSSR count). The van der Waals surface area contributed by atoms with Gasteiger partial charge in [-0.05, 0) is 45.7 Å². The van der Waals surface area contributed by atoms with Gasteiger partial charge in [0, 0.05) is 6.42 Å². The Balaban J connectivity index is 2.12. The number of hydrogen-bond acceptors (Lipinski definition) is 3. The molecule has 0 radical (unpaired) electrons. The van der Waals surface area contributed by atoms with E-state index in [4.69, 9.17) is 14.0 Å². The van der Waals surface area contributed by atoms with Gasteiger partial charge in [-0.3, -0.25) is 0 Å². The van der Waals surface area contributed by atoms with Gasteiger partial charge in [-0.2, -0.15) is 0 Å². The lowest BCUT2D eigenvalue weighted by Crippen LogP contribution is -2.41. The smallest absolute Gasteiger partial charge is 0.490 e. The van der Waals surface area contributed by atoms with Gasteiger partial charge in [-0.1, -0.05) is 6.08 Å². The molecule has 1 saturated heterocycles. The number of hydrogen-bond donors (Lipinski definition) is 0. The summed E-state index contributed by atoms with van der Waals surface area (Å²) in [6.07, 6.45) is 5.93. The second kappa shape index (κ2) is 4.18. The quantitative estimate of drug-likeness (QED) is 0.690. The highest BCUT2D eigenvalue weighted by molar-refractivity contribution is 6.54. The summed E-state index contributed by atoms with van der Waals surface area (Å²) in [5, 5.41) is 0. The van der Waals surface area contributed by atoms with E-state index < -0.39 is 0 Å². The van der Waals surface area contributed by atoms with Gasteiger partial charge in [-0.15, -0.1) is 0 Å². The minimum atomic E-state index is -0.260. The van der Waals surface area contributed by atoms with Crippen LogP contribution in [0.25, 0.3) is 0 Å².